The second kappa shape index (κ2) is 7.16. The number of rotatable bonds is 7. The van der Waals surface area contributed by atoms with Crippen molar-refractivity contribution in [2.24, 2.45) is 0 Å². The summed E-state index contributed by atoms with van der Waals surface area (Å²) in [6.07, 6.45) is 0. The third kappa shape index (κ3) is 4.14. The second-order valence-electron chi connectivity index (χ2n) is 4.33. The van der Waals surface area contributed by atoms with Gasteiger partial charge in [0.15, 0.2) is 0 Å². The number of anilines is 2. The molecule has 0 saturated carbocycles. The van der Waals surface area contributed by atoms with E-state index < -0.39 is 0 Å². The predicted molar refractivity (Wildman–Crippen MR) is 75.2 cm³/mol. The lowest BCUT2D eigenvalue weighted by atomic mass is 10.2. The van der Waals surface area contributed by atoms with E-state index >= 15 is 0 Å². The molecule has 102 valence electrons. The van der Waals surface area contributed by atoms with Crippen LogP contribution in [0.5, 0.6) is 0 Å². The molecule has 0 bridgehead atoms. The van der Waals surface area contributed by atoms with Crippen molar-refractivity contribution in [3.63, 3.8) is 0 Å². The van der Waals surface area contributed by atoms with Gasteiger partial charge in [0.1, 0.15) is 17.5 Å². The van der Waals surface area contributed by atoms with Crippen LogP contribution in [0.2, 0.25) is 0 Å². The van der Waals surface area contributed by atoms with Crippen LogP contribution < -0.4 is 10.6 Å². The average molecular weight is 252 g/mol. The summed E-state index contributed by atoms with van der Waals surface area (Å²) < 4.78 is 5.39. The zero-order valence-corrected chi connectivity index (χ0v) is 12.0. The van der Waals surface area contributed by atoms with Gasteiger partial charge in [0.05, 0.1) is 6.61 Å². The number of hydrogen-bond acceptors (Lipinski definition) is 5. The minimum Gasteiger partial charge on any atom is -0.380 e. The minimum atomic E-state index is 0.229. The van der Waals surface area contributed by atoms with Gasteiger partial charge in [-0.25, -0.2) is 9.97 Å². The van der Waals surface area contributed by atoms with E-state index in [1.54, 1.807) is 0 Å². The highest BCUT2D eigenvalue weighted by molar-refractivity contribution is 5.57. The zero-order valence-electron chi connectivity index (χ0n) is 12.0. The van der Waals surface area contributed by atoms with Crippen LogP contribution in [0.25, 0.3) is 0 Å². The largest absolute Gasteiger partial charge is 0.380 e. The number of nitrogens with one attached hydrogen (secondary N) is 2. The lowest BCUT2D eigenvalue weighted by molar-refractivity contribution is 0.141. The van der Waals surface area contributed by atoms with Crippen LogP contribution in [0.3, 0.4) is 0 Å². The van der Waals surface area contributed by atoms with Gasteiger partial charge in [-0.2, -0.15) is 0 Å². The molecule has 1 aromatic rings. The summed E-state index contributed by atoms with van der Waals surface area (Å²) in [6, 6.07) is 0.229. The van der Waals surface area contributed by atoms with Crippen molar-refractivity contribution in [3.8, 4) is 0 Å². The molecular weight excluding hydrogens is 228 g/mol. The van der Waals surface area contributed by atoms with Gasteiger partial charge in [0.25, 0.3) is 0 Å². The second-order valence-corrected chi connectivity index (χ2v) is 4.33. The first-order valence-corrected chi connectivity index (χ1v) is 6.51. The molecule has 0 aliphatic heterocycles. The van der Waals surface area contributed by atoms with E-state index in [1.807, 2.05) is 20.8 Å². The fourth-order valence-electron chi connectivity index (χ4n) is 1.68. The summed E-state index contributed by atoms with van der Waals surface area (Å²) in [4.78, 5) is 8.84. The van der Waals surface area contributed by atoms with Gasteiger partial charge in [0.2, 0.25) is 0 Å². The molecular formula is C13H24N4O. The highest BCUT2D eigenvalue weighted by Gasteiger charge is 2.10. The van der Waals surface area contributed by atoms with Gasteiger partial charge in [-0.15, -0.1) is 0 Å². The summed E-state index contributed by atoms with van der Waals surface area (Å²) >= 11 is 0. The first-order chi connectivity index (χ1) is 8.58. The molecule has 1 unspecified atom stereocenters. The maximum absolute atomic E-state index is 5.39. The summed E-state index contributed by atoms with van der Waals surface area (Å²) in [5, 5.41) is 6.62. The third-order valence-electron chi connectivity index (χ3n) is 2.56. The summed E-state index contributed by atoms with van der Waals surface area (Å²) in [7, 11) is 0. The molecule has 0 spiro atoms. The molecule has 2 N–H and O–H groups in total. The van der Waals surface area contributed by atoms with Gasteiger partial charge in [-0.05, 0) is 34.6 Å². The van der Waals surface area contributed by atoms with E-state index in [2.05, 4.69) is 34.4 Å². The molecule has 0 aliphatic rings. The Labute approximate surface area is 109 Å². The standard InChI is InChI=1S/C13H24N4O/c1-6-14-12-10(4)13(17-11(5)16-12)15-9(3)8-18-7-2/h9H,6-8H2,1-5H3,(H2,14,15,16,17). The zero-order chi connectivity index (χ0) is 13.5. The van der Waals surface area contributed by atoms with Crippen LogP contribution in [-0.4, -0.2) is 35.8 Å². The van der Waals surface area contributed by atoms with E-state index in [9.17, 15) is 0 Å². The normalized spacial score (nSPS) is 12.3. The third-order valence-corrected chi connectivity index (χ3v) is 2.56. The van der Waals surface area contributed by atoms with E-state index in [0.29, 0.717) is 6.61 Å². The SMILES string of the molecule is CCNc1nc(C)nc(NC(C)COCC)c1C. The number of hydrogen-bond donors (Lipinski definition) is 2. The molecule has 18 heavy (non-hydrogen) atoms. The molecule has 1 rings (SSSR count). The molecule has 1 atom stereocenters. The monoisotopic (exact) mass is 252 g/mol. The molecule has 0 aromatic carbocycles. The Hall–Kier alpha value is -1.36. The van der Waals surface area contributed by atoms with Crippen molar-refractivity contribution in [2.75, 3.05) is 30.4 Å². The highest BCUT2D eigenvalue weighted by Crippen LogP contribution is 2.20. The van der Waals surface area contributed by atoms with Crippen molar-refractivity contribution in [1.29, 1.82) is 0 Å². The predicted octanol–water partition coefficient (Wildman–Crippen LogP) is 2.36. The van der Waals surface area contributed by atoms with Gasteiger partial charge >= 0.3 is 0 Å². The van der Waals surface area contributed by atoms with Gasteiger partial charge in [0, 0.05) is 24.8 Å². The van der Waals surface area contributed by atoms with Crippen molar-refractivity contribution in [3.05, 3.63) is 11.4 Å². The molecule has 5 nitrogen and oxygen atoms in total. The fraction of sp³-hybridized carbons (Fsp3) is 0.692. The Kier molecular flexibility index (Phi) is 5.85. The van der Waals surface area contributed by atoms with Crippen molar-refractivity contribution in [1.82, 2.24) is 9.97 Å². The summed E-state index contributed by atoms with van der Waals surface area (Å²) in [5.41, 5.74) is 1.05. The fourth-order valence-corrected chi connectivity index (χ4v) is 1.68. The number of nitrogens with zero attached hydrogens (tertiary/aromatic N) is 2. The van der Waals surface area contributed by atoms with Crippen LogP contribution >= 0.6 is 0 Å². The smallest absolute Gasteiger partial charge is 0.135 e. The molecule has 1 aromatic heterocycles. The molecule has 0 fully saturated rings. The average Bonchev–Trinajstić information content (AvgIpc) is 2.32. The first kappa shape index (κ1) is 14.7. The van der Waals surface area contributed by atoms with Crippen molar-refractivity contribution >= 4 is 11.6 Å². The molecule has 0 aliphatic carbocycles. The Balaban J connectivity index is 2.81. The number of ether oxygens (including phenoxy) is 1. The quantitative estimate of drug-likeness (QED) is 0.780. The van der Waals surface area contributed by atoms with E-state index in [-0.39, 0.29) is 6.04 Å². The van der Waals surface area contributed by atoms with Gasteiger partial charge < -0.3 is 15.4 Å². The summed E-state index contributed by atoms with van der Waals surface area (Å²) in [5.74, 6) is 2.55. The van der Waals surface area contributed by atoms with E-state index in [4.69, 9.17) is 4.74 Å². The van der Waals surface area contributed by atoms with Crippen LogP contribution in [0, 0.1) is 13.8 Å². The molecule has 0 saturated heterocycles. The van der Waals surface area contributed by atoms with E-state index in [0.717, 1.165) is 36.2 Å². The Morgan fingerprint density at radius 3 is 2.44 bits per heavy atom. The molecule has 0 amide bonds. The molecule has 0 radical (unpaired) electrons. The maximum atomic E-state index is 5.39. The first-order valence-electron chi connectivity index (χ1n) is 6.51. The lowest BCUT2D eigenvalue weighted by Crippen LogP contribution is -2.23. The van der Waals surface area contributed by atoms with Gasteiger partial charge in [-0.1, -0.05) is 0 Å². The Bertz CT molecular complexity index is 381. The maximum Gasteiger partial charge on any atom is 0.135 e. The van der Waals surface area contributed by atoms with Crippen LogP contribution in [0.1, 0.15) is 32.2 Å². The number of aryl methyl sites for hydroxylation is 1. The lowest BCUT2D eigenvalue weighted by Gasteiger charge is -2.18. The van der Waals surface area contributed by atoms with Crippen molar-refractivity contribution < 1.29 is 4.74 Å². The van der Waals surface area contributed by atoms with Crippen molar-refractivity contribution in [2.45, 2.75) is 40.7 Å². The molecule has 1 heterocycles. The minimum absolute atomic E-state index is 0.229. The van der Waals surface area contributed by atoms with Crippen LogP contribution in [-0.2, 0) is 4.74 Å². The summed E-state index contributed by atoms with van der Waals surface area (Å²) in [6.45, 7) is 12.3. The van der Waals surface area contributed by atoms with Gasteiger partial charge in [-0.3, -0.25) is 0 Å². The number of aromatic nitrogens is 2. The van der Waals surface area contributed by atoms with Crippen LogP contribution in [0.15, 0.2) is 0 Å². The Morgan fingerprint density at radius 2 is 1.83 bits per heavy atom. The Morgan fingerprint density at radius 1 is 1.17 bits per heavy atom. The highest BCUT2D eigenvalue weighted by atomic mass is 16.5. The topological polar surface area (TPSA) is 59.1 Å². The molecule has 5 heteroatoms. The van der Waals surface area contributed by atoms with E-state index in [1.165, 1.54) is 0 Å². The van der Waals surface area contributed by atoms with Crippen LogP contribution in [0.4, 0.5) is 11.6 Å².